The van der Waals surface area contributed by atoms with Crippen LogP contribution in [-0.2, 0) is 26.1 Å². The Bertz CT molecular complexity index is 1100. The second kappa shape index (κ2) is 11.0. The summed E-state index contributed by atoms with van der Waals surface area (Å²) in [7, 11) is 1.67. The Kier molecular flexibility index (Phi) is 7.32. The van der Waals surface area contributed by atoms with E-state index in [1.54, 1.807) is 7.11 Å². The fourth-order valence-corrected chi connectivity index (χ4v) is 3.25. The Balaban J connectivity index is 1.46. The van der Waals surface area contributed by atoms with Crippen molar-refractivity contribution < 1.29 is 14.2 Å². The minimum Gasteiger partial charge on any atom is -0.497 e. The van der Waals surface area contributed by atoms with E-state index < -0.39 is 0 Å². The third kappa shape index (κ3) is 6.08. The second-order valence-electron chi connectivity index (χ2n) is 7.40. The van der Waals surface area contributed by atoms with Gasteiger partial charge in [0, 0.05) is 6.07 Å². The summed E-state index contributed by atoms with van der Waals surface area (Å²) in [6, 6.07) is 30.0. The van der Waals surface area contributed by atoms with Crippen LogP contribution in [0.5, 0.6) is 17.4 Å². The SMILES string of the molecule is COc1ccc(CCc2cc(OCc3ccccc3)c(OCc3ccccc3)nn2)cc1. The van der Waals surface area contributed by atoms with E-state index in [-0.39, 0.29) is 0 Å². The van der Waals surface area contributed by atoms with E-state index in [9.17, 15) is 0 Å². The predicted molar refractivity (Wildman–Crippen MR) is 124 cm³/mol. The molecule has 0 saturated carbocycles. The van der Waals surface area contributed by atoms with Gasteiger partial charge in [0.1, 0.15) is 19.0 Å². The van der Waals surface area contributed by atoms with Crippen molar-refractivity contribution in [3.8, 4) is 17.4 Å². The Morgan fingerprint density at radius 1 is 0.625 bits per heavy atom. The highest BCUT2D eigenvalue weighted by Gasteiger charge is 2.12. The monoisotopic (exact) mass is 426 g/mol. The maximum Gasteiger partial charge on any atom is 0.276 e. The van der Waals surface area contributed by atoms with Gasteiger partial charge in [-0.05, 0) is 41.7 Å². The standard InChI is InChI=1S/C27H26N2O3/c1-30-25-16-13-21(14-17-25)12-15-24-18-26(31-19-22-8-4-2-5-9-22)27(29-28-24)32-20-23-10-6-3-7-11-23/h2-11,13-14,16-18H,12,15,19-20H2,1H3. The van der Waals surface area contributed by atoms with Crippen LogP contribution in [0.4, 0.5) is 0 Å². The molecule has 0 amide bonds. The molecule has 0 unspecified atom stereocenters. The molecular weight excluding hydrogens is 400 g/mol. The molecule has 0 N–H and O–H groups in total. The molecule has 3 aromatic carbocycles. The Morgan fingerprint density at radius 2 is 1.25 bits per heavy atom. The van der Waals surface area contributed by atoms with E-state index in [2.05, 4.69) is 22.3 Å². The summed E-state index contributed by atoms with van der Waals surface area (Å²) in [4.78, 5) is 0. The van der Waals surface area contributed by atoms with Gasteiger partial charge in [0.2, 0.25) is 0 Å². The number of aromatic nitrogens is 2. The quantitative estimate of drug-likeness (QED) is 0.339. The summed E-state index contributed by atoms with van der Waals surface area (Å²) in [5.41, 5.74) is 4.21. The molecule has 1 aromatic heterocycles. The summed E-state index contributed by atoms with van der Waals surface area (Å²) in [5.74, 6) is 1.85. The predicted octanol–water partition coefficient (Wildman–Crippen LogP) is 5.43. The van der Waals surface area contributed by atoms with Gasteiger partial charge in [-0.2, -0.15) is 5.10 Å². The van der Waals surface area contributed by atoms with Crippen LogP contribution in [0.15, 0.2) is 91.0 Å². The van der Waals surface area contributed by atoms with Crippen LogP contribution < -0.4 is 14.2 Å². The largest absolute Gasteiger partial charge is 0.497 e. The van der Waals surface area contributed by atoms with Crippen LogP contribution in [0.25, 0.3) is 0 Å². The second-order valence-corrected chi connectivity index (χ2v) is 7.40. The molecule has 5 heteroatoms. The molecule has 162 valence electrons. The summed E-state index contributed by atoms with van der Waals surface area (Å²) >= 11 is 0. The Hall–Kier alpha value is -3.86. The lowest BCUT2D eigenvalue weighted by molar-refractivity contribution is 0.243. The zero-order valence-corrected chi connectivity index (χ0v) is 18.1. The normalized spacial score (nSPS) is 10.5. The molecule has 5 nitrogen and oxygen atoms in total. The van der Waals surface area contributed by atoms with Gasteiger partial charge in [-0.25, -0.2) is 0 Å². The van der Waals surface area contributed by atoms with E-state index in [0.717, 1.165) is 35.4 Å². The molecular formula is C27H26N2O3. The van der Waals surface area contributed by atoms with Gasteiger partial charge in [0.25, 0.3) is 5.88 Å². The Morgan fingerprint density at radius 3 is 1.88 bits per heavy atom. The van der Waals surface area contributed by atoms with Crippen molar-refractivity contribution in [2.75, 3.05) is 7.11 Å². The minimum absolute atomic E-state index is 0.401. The van der Waals surface area contributed by atoms with Crippen molar-refractivity contribution in [3.63, 3.8) is 0 Å². The van der Waals surface area contributed by atoms with E-state index >= 15 is 0 Å². The zero-order chi connectivity index (χ0) is 22.0. The van der Waals surface area contributed by atoms with Crippen molar-refractivity contribution in [2.24, 2.45) is 0 Å². The minimum atomic E-state index is 0.401. The van der Waals surface area contributed by atoms with E-state index in [4.69, 9.17) is 14.2 Å². The van der Waals surface area contributed by atoms with E-state index in [0.29, 0.717) is 24.8 Å². The van der Waals surface area contributed by atoms with Crippen molar-refractivity contribution in [3.05, 3.63) is 113 Å². The molecule has 0 bridgehead atoms. The Labute approximate surface area is 188 Å². The first-order valence-electron chi connectivity index (χ1n) is 10.6. The number of ether oxygens (including phenoxy) is 3. The van der Waals surface area contributed by atoms with E-state index in [1.165, 1.54) is 5.56 Å². The van der Waals surface area contributed by atoms with Gasteiger partial charge in [-0.15, -0.1) is 5.10 Å². The third-order valence-corrected chi connectivity index (χ3v) is 5.06. The molecule has 4 aromatic rings. The number of hydrogen-bond donors (Lipinski definition) is 0. The van der Waals surface area contributed by atoms with Gasteiger partial charge < -0.3 is 14.2 Å². The van der Waals surface area contributed by atoms with Crippen LogP contribution in [0.2, 0.25) is 0 Å². The summed E-state index contributed by atoms with van der Waals surface area (Å²) in [6.07, 6.45) is 1.60. The highest BCUT2D eigenvalue weighted by atomic mass is 16.5. The topological polar surface area (TPSA) is 53.5 Å². The number of hydrogen-bond acceptors (Lipinski definition) is 5. The van der Waals surface area contributed by atoms with Gasteiger partial charge in [0.05, 0.1) is 12.8 Å². The lowest BCUT2D eigenvalue weighted by Crippen LogP contribution is -2.05. The first-order chi connectivity index (χ1) is 15.8. The highest BCUT2D eigenvalue weighted by Crippen LogP contribution is 2.27. The number of nitrogens with zero attached hydrogens (tertiary/aromatic N) is 2. The molecule has 0 radical (unpaired) electrons. The van der Waals surface area contributed by atoms with Crippen LogP contribution in [0.1, 0.15) is 22.4 Å². The van der Waals surface area contributed by atoms with Crippen molar-refractivity contribution in [2.45, 2.75) is 26.1 Å². The van der Waals surface area contributed by atoms with Crippen molar-refractivity contribution in [1.82, 2.24) is 10.2 Å². The molecule has 32 heavy (non-hydrogen) atoms. The third-order valence-electron chi connectivity index (χ3n) is 5.06. The summed E-state index contributed by atoms with van der Waals surface area (Å²) in [6.45, 7) is 0.842. The van der Waals surface area contributed by atoms with Gasteiger partial charge in [-0.3, -0.25) is 0 Å². The average molecular weight is 427 g/mol. The zero-order valence-electron chi connectivity index (χ0n) is 18.1. The average Bonchev–Trinajstić information content (AvgIpc) is 2.87. The van der Waals surface area contributed by atoms with E-state index in [1.807, 2.05) is 78.9 Å². The van der Waals surface area contributed by atoms with Gasteiger partial charge in [-0.1, -0.05) is 72.8 Å². The van der Waals surface area contributed by atoms with Crippen LogP contribution in [-0.4, -0.2) is 17.3 Å². The van der Waals surface area contributed by atoms with Crippen molar-refractivity contribution >= 4 is 0 Å². The molecule has 0 saturated heterocycles. The number of aryl methyl sites for hydroxylation is 2. The van der Waals surface area contributed by atoms with Gasteiger partial charge >= 0.3 is 0 Å². The number of benzene rings is 3. The maximum absolute atomic E-state index is 6.09. The lowest BCUT2D eigenvalue weighted by Gasteiger charge is -2.13. The smallest absolute Gasteiger partial charge is 0.276 e. The molecule has 0 spiro atoms. The van der Waals surface area contributed by atoms with Gasteiger partial charge in [0.15, 0.2) is 5.75 Å². The first-order valence-corrected chi connectivity index (χ1v) is 10.6. The highest BCUT2D eigenvalue weighted by molar-refractivity contribution is 5.35. The fraction of sp³-hybridized carbons (Fsp3) is 0.185. The molecule has 0 atom stereocenters. The molecule has 0 aliphatic carbocycles. The van der Waals surface area contributed by atoms with Crippen LogP contribution in [0, 0.1) is 0 Å². The molecule has 0 aliphatic heterocycles. The maximum atomic E-state index is 6.09. The van der Waals surface area contributed by atoms with Crippen LogP contribution in [0.3, 0.4) is 0 Å². The summed E-state index contributed by atoms with van der Waals surface area (Å²) < 4.78 is 17.3. The molecule has 0 aliphatic rings. The first kappa shape index (κ1) is 21.4. The number of methoxy groups -OCH3 is 1. The molecule has 4 rings (SSSR count). The molecule has 1 heterocycles. The molecule has 0 fully saturated rings. The lowest BCUT2D eigenvalue weighted by atomic mass is 10.1. The van der Waals surface area contributed by atoms with Crippen LogP contribution >= 0.6 is 0 Å². The number of rotatable bonds is 10. The van der Waals surface area contributed by atoms with Crippen molar-refractivity contribution in [1.29, 1.82) is 0 Å². The fourth-order valence-electron chi connectivity index (χ4n) is 3.25. The summed E-state index contributed by atoms with van der Waals surface area (Å²) in [5, 5.41) is 8.70.